The minimum atomic E-state index is -1.08. The summed E-state index contributed by atoms with van der Waals surface area (Å²) in [6.45, 7) is 1.81. The van der Waals surface area contributed by atoms with Crippen molar-refractivity contribution in [2.75, 3.05) is 33.4 Å². The monoisotopic (exact) mass is 421 g/mol. The molecule has 0 spiro atoms. The molecule has 0 aliphatic carbocycles. The lowest BCUT2D eigenvalue weighted by atomic mass is 10.1. The van der Waals surface area contributed by atoms with Crippen LogP contribution in [0.25, 0.3) is 5.69 Å². The van der Waals surface area contributed by atoms with Crippen molar-refractivity contribution in [2.24, 2.45) is 0 Å². The lowest BCUT2D eigenvalue weighted by Gasteiger charge is -2.30. The first kappa shape index (κ1) is 20.6. The van der Waals surface area contributed by atoms with Crippen LogP contribution in [0.3, 0.4) is 0 Å². The van der Waals surface area contributed by atoms with Crippen molar-refractivity contribution >= 4 is 11.9 Å². The molecule has 0 radical (unpaired) electrons. The minimum absolute atomic E-state index is 0.00191. The quantitative estimate of drug-likeness (QED) is 0.569. The zero-order valence-electron chi connectivity index (χ0n) is 17.1. The zero-order valence-corrected chi connectivity index (χ0v) is 17.1. The van der Waals surface area contributed by atoms with Gasteiger partial charge in [0.25, 0.3) is 5.91 Å². The summed E-state index contributed by atoms with van der Waals surface area (Å²) in [6, 6.07) is 18.3. The molecule has 8 nitrogen and oxygen atoms in total. The molecule has 3 aromatic rings. The normalized spacial score (nSPS) is 14.7. The Morgan fingerprint density at radius 1 is 1.00 bits per heavy atom. The van der Waals surface area contributed by atoms with Crippen LogP contribution >= 0.6 is 0 Å². The van der Waals surface area contributed by atoms with Gasteiger partial charge < -0.3 is 19.1 Å². The van der Waals surface area contributed by atoms with E-state index in [0.29, 0.717) is 31.9 Å². The maximum absolute atomic E-state index is 13.2. The molecule has 31 heavy (non-hydrogen) atoms. The Labute approximate surface area is 179 Å². The third kappa shape index (κ3) is 4.59. The van der Waals surface area contributed by atoms with Gasteiger partial charge in [-0.1, -0.05) is 48.5 Å². The van der Waals surface area contributed by atoms with E-state index in [1.807, 2.05) is 36.4 Å². The minimum Gasteiger partial charge on any atom is -0.493 e. The molecule has 0 N–H and O–H groups in total. The molecule has 8 heteroatoms. The summed E-state index contributed by atoms with van der Waals surface area (Å²) in [5.41, 5.74) is 1.36. The third-order valence-corrected chi connectivity index (χ3v) is 4.99. The van der Waals surface area contributed by atoms with Crippen molar-refractivity contribution in [3.8, 4) is 11.4 Å². The molecule has 2 heterocycles. The van der Waals surface area contributed by atoms with Crippen LogP contribution in [0.2, 0.25) is 0 Å². The van der Waals surface area contributed by atoms with Crippen molar-refractivity contribution in [1.82, 2.24) is 14.7 Å². The molecule has 1 fully saturated rings. The molecule has 1 aliphatic heterocycles. The molecule has 1 atom stereocenters. The number of rotatable bonds is 6. The first-order valence-electron chi connectivity index (χ1n) is 9.99. The van der Waals surface area contributed by atoms with Gasteiger partial charge in [-0.05, 0) is 12.1 Å². The van der Waals surface area contributed by atoms with Gasteiger partial charge in [0.05, 0.1) is 32.2 Å². The summed E-state index contributed by atoms with van der Waals surface area (Å²) in [5, 5.41) is 4.34. The molecule has 0 saturated carbocycles. The van der Waals surface area contributed by atoms with Crippen molar-refractivity contribution in [1.29, 1.82) is 0 Å². The van der Waals surface area contributed by atoms with E-state index in [1.165, 1.54) is 11.8 Å². The fraction of sp³-hybridized carbons (Fsp3) is 0.261. The number of esters is 1. The van der Waals surface area contributed by atoms with Crippen LogP contribution in [0.1, 0.15) is 22.2 Å². The second-order valence-electron chi connectivity index (χ2n) is 6.96. The highest BCUT2D eigenvalue weighted by atomic mass is 16.6. The predicted octanol–water partition coefficient (Wildman–Crippen LogP) is 2.64. The van der Waals surface area contributed by atoms with Crippen LogP contribution in [0.15, 0.2) is 66.9 Å². The molecule has 0 bridgehead atoms. The number of morpholine rings is 1. The first-order valence-corrected chi connectivity index (χ1v) is 9.99. The van der Waals surface area contributed by atoms with E-state index >= 15 is 0 Å². The Balaban J connectivity index is 1.62. The summed E-state index contributed by atoms with van der Waals surface area (Å²) in [6.07, 6.45) is 0.520. The predicted molar refractivity (Wildman–Crippen MR) is 112 cm³/mol. The molecule has 160 valence electrons. The van der Waals surface area contributed by atoms with Gasteiger partial charge in [-0.15, -0.1) is 0 Å². The third-order valence-electron chi connectivity index (χ3n) is 4.99. The average Bonchev–Trinajstić information content (AvgIpc) is 3.28. The highest BCUT2D eigenvalue weighted by Crippen LogP contribution is 2.26. The Hall–Kier alpha value is -3.65. The average molecular weight is 421 g/mol. The Kier molecular flexibility index (Phi) is 6.28. The lowest BCUT2D eigenvalue weighted by molar-refractivity contribution is -0.145. The van der Waals surface area contributed by atoms with Crippen LogP contribution in [-0.4, -0.2) is 60.0 Å². The van der Waals surface area contributed by atoms with Gasteiger partial charge in [-0.25, -0.2) is 9.48 Å². The van der Waals surface area contributed by atoms with Crippen LogP contribution in [0.5, 0.6) is 5.75 Å². The number of aromatic nitrogens is 2. The van der Waals surface area contributed by atoms with Crippen molar-refractivity contribution in [3.05, 3.63) is 78.1 Å². The van der Waals surface area contributed by atoms with E-state index in [1.54, 1.807) is 35.4 Å². The molecule has 1 aliphatic rings. The van der Waals surface area contributed by atoms with E-state index in [-0.39, 0.29) is 17.4 Å². The number of benzene rings is 2. The summed E-state index contributed by atoms with van der Waals surface area (Å²) in [5.74, 6) is -0.759. The topological polar surface area (TPSA) is 82.9 Å². The number of nitrogens with zero attached hydrogens (tertiary/aromatic N) is 3. The SMILES string of the molecule is COc1cn(-c2ccccc2)nc1C(=O)O[C@H](C(=O)N1CCOCC1)c1ccccc1. The van der Waals surface area contributed by atoms with E-state index in [2.05, 4.69) is 5.10 Å². The molecule has 4 rings (SSSR count). The first-order chi connectivity index (χ1) is 15.2. The Bertz CT molecular complexity index is 1030. The second kappa shape index (κ2) is 9.44. The largest absolute Gasteiger partial charge is 0.493 e. The second-order valence-corrected chi connectivity index (χ2v) is 6.96. The summed E-state index contributed by atoms with van der Waals surface area (Å²) in [4.78, 5) is 27.9. The molecular weight excluding hydrogens is 398 g/mol. The summed E-state index contributed by atoms with van der Waals surface area (Å²) in [7, 11) is 1.46. The fourth-order valence-electron chi connectivity index (χ4n) is 3.36. The van der Waals surface area contributed by atoms with Crippen LogP contribution in [0, 0.1) is 0 Å². The van der Waals surface area contributed by atoms with Crippen molar-refractivity contribution < 1.29 is 23.8 Å². The van der Waals surface area contributed by atoms with Gasteiger partial charge in [-0.3, -0.25) is 4.79 Å². The Morgan fingerprint density at radius 2 is 1.65 bits per heavy atom. The molecule has 2 aromatic carbocycles. The molecule has 1 amide bonds. The number of ether oxygens (including phenoxy) is 3. The Morgan fingerprint density at radius 3 is 2.29 bits per heavy atom. The number of methoxy groups -OCH3 is 1. The summed E-state index contributed by atoms with van der Waals surface area (Å²) < 4.78 is 17.9. The highest BCUT2D eigenvalue weighted by molar-refractivity contribution is 5.93. The molecule has 1 aromatic heterocycles. The smallest absolute Gasteiger partial charge is 0.363 e. The fourth-order valence-corrected chi connectivity index (χ4v) is 3.36. The van der Waals surface area contributed by atoms with Gasteiger partial charge in [0, 0.05) is 18.7 Å². The zero-order chi connectivity index (χ0) is 21.6. The number of carbonyl (C=O) groups excluding carboxylic acids is 2. The highest BCUT2D eigenvalue weighted by Gasteiger charge is 2.32. The van der Waals surface area contributed by atoms with Gasteiger partial charge >= 0.3 is 5.97 Å². The number of para-hydroxylation sites is 1. The van der Waals surface area contributed by atoms with Gasteiger partial charge in [-0.2, -0.15) is 5.10 Å². The van der Waals surface area contributed by atoms with Crippen molar-refractivity contribution in [3.63, 3.8) is 0 Å². The van der Waals surface area contributed by atoms with E-state index in [4.69, 9.17) is 14.2 Å². The van der Waals surface area contributed by atoms with E-state index in [9.17, 15) is 9.59 Å². The summed E-state index contributed by atoms with van der Waals surface area (Å²) >= 11 is 0. The van der Waals surface area contributed by atoms with E-state index < -0.39 is 12.1 Å². The number of hydrogen-bond acceptors (Lipinski definition) is 6. The maximum atomic E-state index is 13.2. The number of carbonyl (C=O) groups is 2. The van der Waals surface area contributed by atoms with Crippen LogP contribution < -0.4 is 4.74 Å². The van der Waals surface area contributed by atoms with Gasteiger partial charge in [0.2, 0.25) is 11.8 Å². The lowest BCUT2D eigenvalue weighted by Crippen LogP contribution is -2.44. The van der Waals surface area contributed by atoms with Gasteiger partial charge in [0.15, 0.2) is 5.75 Å². The van der Waals surface area contributed by atoms with Gasteiger partial charge in [0.1, 0.15) is 0 Å². The number of hydrogen-bond donors (Lipinski definition) is 0. The van der Waals surface area contributed by atoms with Crippen LogP contribution in [0.4, 0.5) is 0 Å². The standard InChI is InChI=1S/C23H23N3O5/c1-29-19-16-26(18-10-6-3-7-11-18)24-20(19)23(28)31-21(17-8-4-2-5-9-17)22(27)25-12-14-30-15-13-25/h2-11,16,21H,12-15H2,1H3/t21-/m0/s1. The number of amides is 1. The van der Waals surface area contributed by atoms with Crippen molar-refractivity contribution in [2.45, 2.75) is 6.10 Å². The maximum Gasteiger partial charge on any atom is 0.363 e. The molecule has 1 saturated heterocycles. The molecular formula is C23H23N3O5. The van der Waals surface area contributed by atoms with E-state index in [0.717, 1.165) is 5.69 Å². The van der Waals surface area contributed by atoms with Crippen LogP contribution in [-0.2, 0) is 14.3 Å². The molecule has 0 unspecified atom stereocenters.